The molecule has 0 aliphatic carbocycles. The summed E-state index contributed by atoms with van der Waals surface area (Å²) in [4.78, 5) is 8.73. The van der Waals surface area contributed by atoms with E-state index < -0.39 is 0 Å². The van der Waals surface area contributed by atoms with E-state index in [9.17, 15) is 0 Å². The van der Waals surface area contributed by atoms with Crippen LogP contribution in [0.2, 0.25) is 0 Å². The summed E-state index contributed by atoms with van der Waals surface area (Å²) in [6, 6.07) is 12.9. The number of anilines is 2. The maximum Gasteiger partial charge on any atom is 0.224 e. The number of hydrogen-bond donors (Lipinski definition) is 2. The zero-order valence-electron chi connectivity index (χ0n) is 12.8. The zero-order chi connectivity index (χ0) is 14.9. The Morgan fingerprint density at radius 2 is 1.95 bits per heavy atom. The van der Waals surface area contributed by atoms with Crippen molar-refractivity contribution in [3.8, 4) is 0 Å². The van der Waals surface area contributed by atoms with E-state index in [1.807, 2.05) is 12.1 Å². The lowest BCUT2D eigenvalue weighted by Crippen LogP contribution is -2.15. The molecule has 2 rings (SSSR count). The molecule has 4 heteroatoms. The van der Waals surface area contributed by atoms with Gasteiger partial charge in [-0.15, -0.1) is 0 Å². The second kappa shape index (κ2) is 8.25. The highest BCUT2D eigenvalue weighted by molar-refractivity contribution is 5.40. The Labute approximate surface area is 127 Å². The summed E-state index contributed by atoms with van der Waals surface area (Å²) in [5.74, 6) is 1.57. The molecule has 112 valence electrons. The molecule has 0 spiro atoms. The monoisotopic (exact) mass is 284 g/mol. The molecule has 0 aliphatic heterocycles. The minimum Gasteiger partial charge on any atom is -0.367 e. The van der Waals surface area contributed by atoms with Crippen molar-refractivity contribution < 1.29 is 0 Å². The first-order chi connectivity index (χ1) is 10.3. The highest BCUT2D eigenvalue weighted by Gasteiger charge is 2.02. The molecule has 21 heavy (non-hydrogen) atoms. The summed E-state index contributed by atoms with van der Waals surface area (Å²) in [6.45, 7) is 5.18. The summed E-state index contributed by atoms with van der Waals surface area (Å²) in [7, 11) is 0. The van der Waals surface area contributed by atoms with E-state index in [0.29, 0.717) is 12.0 Å². The number of aromatic nitrogens is 2. The first kappa shape index (κ1) is 15.3. The first-order valence-corrected chi connectivity index (χ1v) is 7.65. The van der Waals surface area contributed by atoms with Crippen molar-refractivity contribution in [1.82, 2.24) is 9.97 Å². The molecule has 0 amide bonds. The molecule has 1 unspecified atom stereocenters. The van der Waals surface area contributed by atoms with Crippen LogP contribution in [0.15, 0.2) is 42.6 Å². The Bertz CT molecular complexity index is 527. The van der Waals surface area contributed by atoms with Crippen LogP contribution in [0.3, 0.4) is 0 Å². The lowest BCUT2D eigenvalue weighted by Gasteiger charge is -2.12. The second-order valence-electron chi connectivity index (χ2n) is 5.24. The molecule has 0 aliphatic rings. The van der Waals surface area contributed by atoms with Crippen LogP contribution in [0.1, 0.15) is 32.3 Å². The van der Waals surface area contributed by atoms with E-state index in [0.717, 1.165) is 31.6 Å². The van der Waals surface area contributed by atoms with E-state index in [2.05, 4.69) is 58.7 Å². The van der Waals surface area contributed by atoms with Crippen LogP contribution in [-0.2, 0) is 6.42 Å². The maximum atomic E-state index is 4.47. The first-order valence-electron chi connectivity index (χ1n) is 7.65. The van der Waals surface area contributed by atoms with Crippen LogP contribution in [-0.4, -0.2) is 22.6 Å². The van der Waals surface area contributed by atoms with E-state index in [1.165, 1.54) is 5.56 Å². The van der Waals surface area contributed by atoms with Gasteiger partial charge in [0.2, 0.25) is 5.95 Å². The Morgan fingerprint density at radius 3 is 2.71 bits per heavy atom. The van der Waals surface area contributed by atoms with Crippen LogP contribution in [0.25, 0.3) is 0 Å². The van der Waals surface area contributed by atoms with Gasteiger partial charge in [-0.25, -0.2) is 4.98 Å². The average molecular weight is 284 g/mol. The van der Waals surface area contributed by atoms with E-state index in [4.69, 9.17) is 0 Å². The molecule has 0 radical (unpaired) electrons. The van der Waals surface area contributed by atoms with Gasteiger partial charge in [-0.1, -0.05) is 37.3 Å². The summed E-state index contributed by atoms with van der Waals surface area (Å²) in [6.07, 6.45) is 5.00. The zero-order valence-corrected chi connectivity index (χ0v) is 12.8. The molecule has 2 aromatic rings. The number of rotatable bonds is 8. The number of nitrogens with zero attached hydrogens (tertiary/aromatic N) is 2. The standard InChI is InChI=1S/C17H24N4/c1-3-14(2)20-16-11-13-19-17(21-16)18-12-7-10-15-8-5-4-6-9-15/h4-6,8-9,11,13-14H,3,7,10,12H2,1-2H3,(H2,18,19,20,21). The van der Waals surface area contributed by atoms with Crippen molar-refractivity contribution in [2.24, 2.45) is 0 Å². The van der Waals surface area contributed by atoms with E-state index >= 15 is 0 Å². The van der Waals surface area contributed by atoms with Crippen molar-refractivity contribution in [3.63, 3.8) is 0 Å². The predicted molar refractivity (Wildman–Crippen MR) is 88.7 cm³/mol. The summed E-state index contributed by atoms with van der Waals surface area (Å²) >= 11 is 0. The molecule has 1 heterocycles. The third kappa shape index (κ3) is 5.42. The molecular weight excluding hydrogens is 260 g/mol. The molecule has 0 saturated carbocycles. The molecule has 2 N–H and O–H groups in total. The van der Waals surface area contributed by atoms with Gasteiger partial charge in [-0.3, -0.25) is 0 Å². The minimum absolute atomic E-state index is 0.422. The fourth-order valence-electron chi connectivity index (χ4n) is 2.02. The number of benzene rings is 1. The summed E-state index contributed by atoms with van der Waals surface area (Å²) < 4.78 is 0. The normalized spacial score (nSPS) is 11.9. The summed E-state index contributed by atoms with van der Waals surface area (Å²) in [5, 5.41) is 6.64. The number of aryl methyl sites for hydroxylation is 1. The van der Waals surface area contributed by atoms with Crippen LogP contribution >= 0.6 is 0 Å². The lowest BCUT2D eigenvalue weighted by atomic mass is 10.1. The topological polar surface area (TPSA) is 49.8 Å². The Balaban J connectivity index is 1.76. The van der Waals surface area contributed by atoms with Crippen molar-refractivity contribution in [2.45, 2.75) is 39.2 Å². The SMILES string of the molecule is CCC(C)Nc1ccnc(NCCCc2ccccc2)n1. The van der Waals surface area contributed by atoms with Gasteiger partial charge in [0.15, 0.2) is 0 Å². The second-order valence-corrected chi connectivity index (χ2v) is 5.24. The smallest absolute Gasteiger partial charge is 0.224 e. The van der Waals surface area contributed by atoms with Crippen molar-refractivity contribution in [2.75, 3.05) is 17.2 Å². The van der Waals surface area contributed by atoms with Gasteiger partial charge < -0.3 is 10.6 Å². The predicted octanol–water partition coefficient (Wildman–Crippen LogP) is 3.73. The molecule has 1 aromatic carbocycles. The van der Waals surface area contributed by atoms with Crippen LogP contribution < -0.4 is 10.6 Å². The number of nitrogens with one attached hydrogen (secondary N) is 2. The molecule has 0 fully saturated rings. The summed E-state index contributed by atoms with van der Waals surface area (Å²) in [5.41, 5.74) is 1.37. The Hall–Kier alpha value is -2.10. The van der Waals surface area contributed by atoms with Crippen molar-refractivity contribution in [3.05, 3.63) is 48.2 Å². The quantitative estimate of drug-likeness (QED) is 0.725. The molecule has 4 nitrogen and oxygen atoms in total. The Kier molecular flexibility index (Phi) is 6.00. The fourth-order valence-corrected chi connectivity index (χ4v) is 2.02. The third-order valence-corrected chi connectivity index (χ3v) is 3.43. The highest BCUT2D eigenvalue weighted by Crippen LogP contribution is 2.09. The van der Waals surface area contributed by atoms with Crippen LogP contribution in [0.5, 0.6) is 0 Å². The molecule has 0 saturated heterocycles. The van der Waals surface area contributed by atoms with Crippen molar-refractivity contribution >= 4 is 11.8 Å². The van der Waals surface area contributed by atoms with Crippen LogP contribution in [0.4, 0.5) is 11.8 Å². The van der Waals surface area contributed by atoms with Gasteiger partial charge in [0, 0.05) is 18.8 Å². The maximum absolute atomic E-state index is 4.47. The van der Waals surface area contributed by atoms with Gasteiger partial charge in [0.1, 0.15) is 5.82 Å². The van der Waals surface area contributed by atoms with Gasteiger partial charge in [0.25, 0.3) is 0 Å². The van der Waals surface area contributed by atoms with Crippen LogP contribution in [0, 0.1) is 0 Å². The molecular formula is C17H24N4. The molecule has 1 aromatic heterocycles. The molecule has 1 atom stereocenters. The van der Waals surface area contributed by atoms with Gasteiger partial charge in [0.05, 0.1) is 0 Å². The minimum atomic E-state index is 0.422. The third-order valence-electron chi connectivity index (χ3n) is 3.43. The van der Waals surface area contributed by atoms with Gasteiger partial charge in [-0.05, 0) is 37.8 Å². The van der Waals surface area contributed by atoms with Gasteiger partial charge in [-0.2, -0.15) is 4.98 Å². The molecule has 0 bridgehead atoms. The van der Waals surface area contributed by atoms with E-state index in [-0.39, 0.29) is 0 Å². The lowest BCUT2D eigenvalue weighted by molar-refractivity contribution is 0.758. The number of hydrogen-bond acceptors (Lipinski definition) is 4. The fraction of sp³-hybridized carbons (Fsp3) is 0.412. The average Bonchev–Trinajstić information content (AvgIpc) is 2.53. The largest absolute Gasteiger partial charge is 0.367 e. The van der Waals surface area contributed by atoms with Gasteiger partial charge >= 0.3 is 0 Å². The van der Waals surface area contributed by atoms with Crippen molar-refractivity contribution in [1.29, 1.82) is 0 Å². The highest BCUT2D eigenvalue weighted by atomic mass is 15.1. The van der Waals surface area contributed by atoms with E-state index in [1.54, 1.807) is 6.20 Å². The Morgan fingerprint density at radius 1 is 1.14 bits per heavy atom.